The fourth-order valence-electron chi connectivity index (χ4n) is 2.80. The van der Waals surface area contributed by atoms with Crippen LogP contribution in [-0.2, 0) is 6.18 Å². The summed E-state index contributed by atoms with van der Waals surface area (Å²) >= 11 is 0. The van der Waals surface area contributed by atoms with Crippen molar-refractivity contribution in [3.63, 3.8) is 0 Å². The summed E-state index contributed by atoms with van der Waals surface area (Å²) in [6.45, 7) is 8.45. The predicted molar refractivity (Wildman–Crippen MR) is 78.1 cm³/mol. The van der Waals surface area contributed by atoms with Crippen molar-refractivity contribution in [1.29, 1.82) is 0 Å². The van der Waals surface area contributed by atoms with E-state index in [1.165, 1.54) is 0 Å². The van der Waals surface area contributed by atoms with Crippen molar-refractivity contribution in [1.82, 2.24) is 10.2 Å². The summed E-state index contributed by atoms with van der Waals surface area (Å²) in [5.74, 6) is 0. The zero-order chi connectivity index (χ0) is 15.6. The second kappa shape index (κ2) is 6.36. The minimum Gasteiger partial charge on any atom is -0.306 e. The molecule has 0 aromatic heterocycles. The van der Waals surface area contributed by atoms with Crippen molar-refractivity contribution in [3.8, 4) is 0 Å². The van der Waals surface area contributed by atoms with Crippen LogP contribution in [0.4, 0.5) is 13.2 Å². The van der Waals surface area contributed by atoms with Gasteiger partial charge in [0, 0.05) is 24.7 Å². The maximum atomic E-state index is 12.5. The van der Waals surface area contributed by atoms with Gasteiger partial charge in [0.05, 0.1) is 5.56 Å². The lowest BCUT2D eigenvalue weighted by atomic mass is 10.0. The molecule has 118 valence electrons. The zero-order valence-corrected chi connectivity index (χ0v) is 12.7. The third-order valence-corrected chi connectivity index (χ3v) is 4.17. The molecule has 1 aliphatic rings. The molecule has 0 bridgehead atoms. The quantitative estimate of drug-likeness (QED) is 0.909. The molecule has 0 spiro atoms. The standard InChI is InChI=1S/C16H23F3N2/c1-11(2)21-9-8-15(10-21)20-12(3)13-4-6-14(7-5-13)16(17,18)19/h4-7,11-12,15,20H,8-10H2,1-3H3. The molecule has 21 heavy (non-hydrogen) atoms. The van der Waals surface area contributed by atoms with Gasteiger partial charge in [-0.1, -0.05) is 12.1 Å². The molecule has 1 aliphatic heterocycles. The molecule has 0 aliphatic carbocycles. The summed E-state index contributed by atoms with van der Waals surface area (Å²) in [6.07, 6.45) is -3.18. The van der Waals surface area contributed by atoms with Crippen molar-refractivity contribution < 1.29 is 13.2 Å². The summed E-state index contributed by atoms with van der Waals surface area (Å²) in [5, 5.41) is 3.52. The van der Waals surface area contributed by atoms with E-state index in [0.717, 1.165) is 37.2 Å². The highest BCUT2D eigenvalue weighted by atomic mass is 19.4. The molecule has 1 fully saturated rings. The maximum absolute atomic E-state index is 12.5. The van der Waals surface area contributed by atoms with E-state index in [0.29, 0.717) is 12.1 Å². The van der Waals surface area contributed by atoms with Crippen LogP contribution in [0.15, 0.2) is 24.3 Å². The summed E-state index contributed by atoms with van der Waals surface area (Å²) in [7, 11) is 0. The molecular formula is C16H23F3N2. The van der Waals surface area contributed by atoms with E-state index in [9.17, 15) is 13.2 Å². The SMILES string of the molecule is CC(NC1CCN(C(C)C)C1)c1ccc(C(F)(F)F)cc1. The first kappa shape index (κ1) is 16.3. The monoisotopic (exact) mass is 300 g/mol. The fourth-order valence-corrected chi connectivity index (χ4v) is 2.80. The Morgan fingerprint density at radius 1 is 1.14 bits per heavy atom. The smallest absolute Gasteiger partial charge is 0.306 e. The minimum absolute atomic E-state index is 0.0596. The lowest BCUT2D eigenvalue weighted by Crippen LogP contribution is -2.36. The third-order valence-electron chi connectivity index (χ3n) is 4.17. The second-order valence-electron chi connectivity index (χ2n) is 6.08. The summed E-state index contributed by atoms with van der Waals surface area (Å²) in [5.41, 5.74) is 0.302. The summed E-state index contributed by atoms with van der Waals surface area (Å²) in [6, 6.07) is 6.45. The Hall–Kier alpha value is -1.07. The van der Waals surface area contributed by atoms with Crippen LogP contribution in [0.5, 0.6) is 0 Å². The zero-order valence-electron chi connectivity index (χ0n) is 12.7. The molecule has 1 N–H and O–H groups in total. The van der Waals surface area contributed by atoms with Crippen LogP contribution in [0.2, 0.25) is 0 Å². The van der Waals surface area contributed by atoms with Crippen LogP contribution < -0.4 is 5.32 Å². The first-order valence-electron chi connectivity index (χ1n) is 7.44. The van der Waals surface area contributed by atoms with Gasteiger partial charge in [-0.25, -0.2) is 0 Å². The average Bonchev–Trinajstić information content (AvgIpc) is 2.86. The van der Waals surface area contributed by atoms with Crippen LogP contribution in [0.3, 0.4) is 0 Å². The molecule has 2 nitrogen and oxygen atoms in total. The lowest BCUT2D eigenvalue weighted by Gasteiger charge is -2.23. The van der Waals surface area contributed by atoms with Gasteiger partial charge in [0.1, 0.15) is 0 Å². The minimum atomic E-state index is -4.27. The van der Waals surface area contributed by atoms with Gasteiger partial charge in [-0.15, -0.1) is 0 Å². The topological polar surface area (TPSA) is 15.3 Å². The lowest BCUT2D eigenvalue weighted by molar-refractivity contribution is -0.137. The Labute approximate surface area is 124 Å². The van der Waals surface area contributed by atoms with Gasteiger partial charge in [-0.05, 0) is 51.4 Å². The van der Waals surface area contributed by atoms with E-state index in [4.69, 9.17) is 0 Å². The highest BCUT2D eigenvalue weighted by Gasteiger charge is 2.30. The molecule has 0 radical (unpaired) electrons. The third kappa shape index (κ3) is 4.20. The Bertz CT molecular complexity index is 454. The molecule has 2 unspecified atom stereocenters. The molecule has 1 aromatic rings. The van der Waals surface area contributed by atoms with E-state index >= 15 is 0 Å². The number of hydrogen-bond donors (Lipinski definition) is 1. The van der Waals surface area contributed by atoms with Gasteiger partial charge >= 0.3 is 6.18 Å². The molecule has 2 atom stereocenters. The van der Waals surface area contributed by atoms with E-state index in [1.54, 1.807) is 12.1 Å². The van der Waals surface area contributed by atoms with E-state index in [1.807, 2.05) is 6.92 Å². The largest absolute Gasteiger partial charge is 0.416 e. The van der Waals surface area contributed by atoms with Crippen molar-refractivity contribution in [2.75, 3.05) is 13.1 Å². The molecular weight excluding hydrogens is 277 g/mol. The molecule has 2 rings (SSSR count). The average molecular weight is 300 g/mol. The van der Waals surface area contributed by atoms with Crippen LogP contribution in [0, 0.1) is 0 Å². The van der Waals surface area contributed by atoms with Gasteiger partial charge in [0.15, 0.2) is 0 Å². The first-order valence-corrected chi connectivity index (χ1v) is 7.44. The van der Waals surface area contributed by atoms with Crippen molar-refractivity contribution >= 4 is 0 Å². The number of nitrogens with one attached hydrogen (secondary N) is 1. The fraction of sp³-hybridized carbons (Fsp3) is 0.625. The number of hydrogen-bond acceptors (Lipinski definition) is 2. The molecule has 0 amide bonds. The number of likely N-dealkylation sites (tertiary alicyclic amines) is 1. The number of halogens is 3. The molecule has 1 saturated heterocycles. The van der Waals surface area contributed by atoms with Crippen LogP contribution in [0.1, 0.15) is 44.4 Å². The normalized spacial score (nSPS) is 22.0. The highest BCUT2D eigenvalue weighted by Crippen LogP contribution is 2.30. The highest BCUT2D eigenvalue weighted by molar-refractivity contribution is 5.26. The second-order valence-corrected chi connectivity index (χ2v) is 6.08. The number of nitrogens with zero attached hydrogens (tertiary/aromatic N) is 1. The number of benzene rings is 1. The number of alkyl halides is 3. The van der Waals surface area contributed by atoms with Gasteiger partial charge in [-0.3, -0.25) is 4.90 Å². The summed E-state index contributed by atoms with van der Waals surface area (Å²) < 4.78 is 37.6. The van der Waals surface area contributed by atoms with Gasteiger partial charge in [0.2, 0.25) is 0 Å². The Balaban J connectivity index is 1.93. The number of rotatable bonds is 4. The van der Waals surface area contributed by atoms with Crippen molar-refractivity contribution in [2.24, 2.45) is 0 Å². The maximum Gasteiger partial charge on any atom is 0.416 e. The van der Waals surface area contributed by atoms with Crippen LogP contribution in [0.25, 0.3) is 0 Å². The van der Waals surface area contributed by atoms with E-state index in [-0.39, 0.29) is 6.04 Å². The van der Waals surface area contributed by atoms with Crippen molar-refractivity contribution in [3.05, 3.63) is 35.4 Å². The van der Waals surface area contributed by atoms with Gasteiger partial charge < -0.3 is 5.32 Å². The molecule has 1 heterocycles. The van der Waals surface area contributed by atoms with Crippen molar-refractivity contribution in [2.45, 2.75) is 51.5 Å². The first-order chi connectivity index (χ1) is 9.77. The van der Waals surface area contributed by atoms with Gasteiger partial charge in [0.25, 0.3) is 0 Å². The van der Waals surface area contributed by atoms with Gasteiger partial charge in [-0.2, -0.15) is 13.2 Å². The van der Waals surface area contributed by atoms with E-state index < -0.39 is 11.7 Å². The Morgan fingerprint density at radius 2 is 1.76 bits per heavy atom. The molecule has 0 saturated carbocycles. The summed E-state index contributed by atoms with van der Waals surface area (Å²) in [4.78, 5) is 2.41. The Morgan fingerprint density at radius 3 is 2.24 bits per heavy atom. The predicted octanol–water partition coefficient (Wildman–Crippen LogP) is 3.84. The van der Waals surface area contributed by atoms with Crippen LogP contribution in [-0.4, -0.2) is 30.1 Å². The Kier molecular flexibility index (Phi) is 4.94. The van der Waals surface area contributed by atoms with E-state index in [2.05, 4.69) is 24.1 Å². The molecule has 5 heteroatoms. The van der Waals surface area contributed by atoms with Crippen LogP contribution >= 0.6 is 0 Å². The molecule has 1 aromatic carbocycles.